The summed E-state index contributed by atoms with van der Waals surface area (Å²) in [7, 11) is -5.99. The van der Waals surface area contributed by atoms with Gasteiger partial charge in [0.1, 0.15) is 0 Å². The summed E-state index contributed by atoms with van der Waals surface area (Å²) in [5, 5.41) is 13.2. The zero-order valence-electron chi connectivity index (χ0n) is 54.2. The van der Waals surface area contributed by atoms with Crippen molar-refractivity contribution in [3.05, 3.63) is 361 Å². The molecule has 15 aromatic rings. The van der Waals surface area contributed by atoms with Crippen LogP contribution < -0.4 is 67.7 Å². The highest BCUT2D eigenvalue weighted by molar-refractivity contribution is 7.20. The Hall–Kier alpha value is -11.0. The van der Waals surface area contributed by atoms with Crippen LogP contribution in [0.4, 0.5) is 34.1 Å². The average Bonchev–Trinajstić information content (AvgIpc) is 1.20. The Kier molecular flexibility index (Phi) is 14.1. The Morgan fingerprint density at radius 1 is 0.242 bits per heavy atom. The normalized spacial score (nSPS) is 12.6. The van der Waals surface area contributed by atoms with Crippen molar-refractivity contribution in [2.45, 2.75) is 34.6 Å². The molecule has 0 radical (unpaired) electrons. The summed E-state index contributed by atoms with van der Waals surface area (Å²) >= 11 is 0. The van der Waals surface area contributed by atoms with Crippen LogP contribution in [0, 0.1) is 34.6 Å². The molecule has 0 atom stereocenters. The molecule has 0 amide bonds. The zero-order chi connectivity index (χ0) is 63.9. The van der Waals surface area contributed by atoms with Crippen molar-refractivity contribution in [1.29, 1.82) is 0 Å². The summed E-state index contributed by atoms with van der Waals surface area (Å²) in [6.45, 7) is 10.9. The number of fused-ring (bicyclic) bond motifs is 7. The maximum Gasteiger partial charge on any atom is 0.252 e. The van der Waals surface area contributed by atoms with Crippen LogP contribution in [0.15, 0.2) is 334 Å². The monoisotopic (exact) mass is 1250 g/mol. The summed E-state index contributed by atoms with van der Waals surface area (Å²) in [6.07, 6.45) is 0. The molecule has 0 N–H and O–H groups in total. The Bertz CT molecular complexity index is 5140. The lowest BCUT2D eigenvalue weighted by Crippen LogP contribution is -2.75. The quantitative estimate of drug-likeness (QED) is 0.0892. The van der Waals surface area contributed by atoms with Gasteiger partial charge in [0.05, 0.1) is 16.7 Å². The maximum absolute atomic E-state index is 3.08. The van der Waals surface area contributed by atoms with Crippen LogP contribution in [0.3, 0.4) is 0 Å². The lowest BCUT2D eigenvalue weighted by molar-refractivity contribution is 1.16. The fourth-order valence-electron chi connectivity index (χ4n) is 16.4. The number of aryl methyl sites for hydroxylation is 5. The molecule has 0 saturated heterocycles. The Labute approximate surface area is 560 Å². The van der Waals surface area contributed by atoms with E-state index in [4.69, 9.17) is 0 Å². The van der Waals surface area contributed by atoms with E-state index in [2.05, 4.69) is 383 Å². The van der Waals surface area contributed by atoms with Crippen LogP contribution in [-0.4, -0.2) is 27.4 Å². The molecule has 1 aromatic heterocycles. The van der Waals surface area contributed by atoms with Crippen LogP contribution in [0.25, 0.3) is 38.6 Å². The number of rotatable bonds is 12. The van der Waals surface area contributed by atoms with Gasteiger partial charge in [-0.1, -0.05) is 289 Å². The molecule has 0 unspecified atom stereocenters. The van der Waals surface area contributed by atoms with Crippen molar-refractivity contribution in [1.82, 2.24) is 4.57 Å². The minimum atomic E-state index is -3.08. The van der Waals surface area contributed by atoms with Gasteiger partial charge in [0.2, 0.25) is 0 Å². The SMILES string of the molecule is Cc1ccc(N2c3cc(-c4cc(C)cc(C)c4)ccc3B3c4cc([Si](c5ccccc5)(c5ccccc5)c5ccccc5)ccc4N(c4ccc([Si](c5ccccc5)(c5ccccc5)c5ccccc5)cc4)c4cc(-n5c6ccc(C)cc6c6cc(C)ccc65)cc2c43)cc1. The van der Waals surface area contributed by atoms with Crippen LogP contribution in [0.5, 0.6) is 0 Å². The summed E-state index contributed by atoms with van der Waals surface area (Å²) in [5.41, 5.74) is 22.8. The van der Waals surface area contributed by atoms with Crippen molar-refractivity contribution in [3.8, 4) is 16.8 Å². The van der Waals surface area contributed by atoms with Crippen molar-refractivity contribution >= 4 is 137 Å². The molecular weight excluding hydrogens is 1180 g/mol. The van der Waals surface area contributed by atoms with Gasteiger partial charge in [-0.25, -0.2) is 0 Å². The highest BCUT2D eigenvalue weighted by Crippen LogP contribution is 2.47. The number of anilines is 6. The number of aromatic nitrogens is 1. The fraction of sp³-hybridized carbons (Fsp3) is 0.0562. The molecule has 2 aliphatic rings. The lowest BCUT2D eigenvalue weighted by atomic mass is 9.33. The predicted octanol–water partition coefficient (Wildman–Crippen LogP) is 14.8. The van der Waals surface area contributed by atoms with Crippen LogP contribution in [0.1, 0.15) is 27.8 Å². The standard InChI is InChI=1S/C89H70BN3Si2/c1-61-36-41-68(42-37-61)92-86-57-66(67-53-64(4)52-65(5)54-67)40-48-81(86)90-82-60-78(95(74-30-18-9-19-31-74,75-32-20-10-21-33-75)76-34-22-11-23-35-76)47-51-85(82)91(87-58-70(59-88(92)89(87)90)93-83-49-38-62(2)55-79(83)80-56-63(3)39-50-84(80)93)69-43-45-77(46-44-69)94(71-24-12-6-13-25-71,72-26-14-7-15-27-72)73-28-16-8-17-29-73/h6-60H,1-5H3. The third kappa shape index (κ3) is 9.37. The van der Waals surface area contributed by atoms with E-state index in [0.29, 0.717) is 0 Å². The van der Waals surface area contributed by atoms with E-state index in [9.17, 15) is 0 Å². The number of hydrogen-bond donors (Lipinski definition) is 0. The second-order valence-corrected chi connectivity index (χ2v) is 34.0. The Balaban J connectivity index is 1.01. The predicted molar refractivity (Wildman–Crippen MR) is 411 cm³/mol. The van der Waals surface area contributed by atoms with E-state index in [1.54, 1.807) is 0 Å². The molecule has 452 valence electrons. The third-order valence-electron chi connectivity index (χ3n) is 20.5. The van der Waals surface area contributed by atoms with Gasteiger partial charge in [0.15, 0.2) is 16.1 Å². The highest BCUT2D eigenvalue weighted by atomic mass is 28.3. The van der Waals surface area contributed by atoms with Crippen molar-refractivity contribution in [3.63, 3.8) is 0 Å². The van der Waals surface area contributed by atoms with Gasteiger partial charge in [-0.3, -0.25) is 0 Å². The van der Waals surface area contributed by atoms with Gasteiger partial charge in [0.25, 0.3) is 6.71 Å². The van der Waals surface area contributed by atoms with E-state index in [0.717, 1.165) is 28.4 Å². The minimum absolute atomic E-state index is 0.184. The molecule has 0 saturated carbocycles. The van der Waals surface area contributed by atoms with Crippen LogP contribution >= 0.6 is 0 Å². The first-order valence-corrected chi connectivity index (χ1v) is 37.3. The molecule has 3 nitrogen and oxygen atoms in total. The van der Waals surface area contributed by atoms with Crippen molar-refractivity contribution < 1.29 is 0 Å². The van der Waals surface area contributed by atoms with Crippen LogP contribution in [0.2, 0.25) is 0 Å². The summed E-state index contributed by atoms with van der Waals surface area (Å²) in [6, 6.07) is 128. The maximum atomic E-state index is 2.67. The van der Waals surface area contributed by atoms with Gasteiger partial charge >= 0.3 is 0 Å². The average molecular weight is 1250 g/mol. The van der Waals surface area contributed by atoms with E-state index < -0.39 is 16.1 Å². The number of benzene rings is 14. The highest BCUT2D eigenvalue weighted by Gasteiger charge is 2.48. The van der Waals surface area contributed by atoms with Gasteiger partial charge in [-0.2, -0.15) is 0 Å². The first-order valence-electron chi connectivity index (χ1n) is 33.3. The molecular formula is C89H70BN3Si2. The Morgan fingerprint density at radius 3 is 1.08 bits per heavy atom. The number of nitrogens with zero attached hydrogens (tertiary/aromatic N) is 3. The summed E-state index contributed by atoms with van der Waals surface area (Å²) in [5.74, 6) is 0. The summed E-state index contributed by atoms with van der Waals surface area (Å²) in [4.78, 5) is 5.24. The third-order valence-corrected chi connectivity index (χ3v) is 30.0. The molecule has 0 aliphatic carbocycles. The topological polar surface area (TPSA) is 11.4 Å². The second kappa shape index (κ2) is 23.2. The minimum Gasteiger partial charge on any atom is -0.311 e. The van der Waals surface area contributed by atoms with Gasteiger partial charge in [-0.05, 0) is 176 Å². The van der Waals surface area contributed by atoms with E-state index in [1.807, 2.05) is 0 Å². The molecule has 17 rings (SSSR count). The largest absolute Gasteiger partial charge is 0.311 e. The van der Waals surface area contributed by atoms with Crippen molar-refractivity contribution in [2.24, 2.45) is 0 Å². The van der Waals surface area contributed by atoms with Crippen molar-refractivity contribution in [2.75, 3.05) is 9.80 Å². The first-order chi connectivity index (χ1) is 46.6. The van der Waals surface area contributed by atoms with E-state index in [-0.39, 0.29) is 6.71 Å². The number of hydrogen-bond acceptors (Lipinski definition) is 2. The second-order valence-electron chi connectivity index (χ2n) is 26.4. The Morgan fingerprint density at radius 2 is 0.632 bits per heavy atom. The zero-order valence-corrected chi connectivity index (χ0v) is 56.2. The van der Waals surface area contributed by atoms with Gasteiger partial charge in [0, 0.05) is 44.9 Å². The molecule has 2 aliphatic heterocycles. The fourth-order valence-corrected chi connectivity index (χ4v) is 26.0. The lowest BCUT2D eigenvalue weighted by Gasteiger charge is -2.45. The van der Waals surface area contributed by atoms with Gasteiger partial charge in [-0.15, -0.1) is 0 Å². The summed E-state index contributed by atoms with van der Waals surface area (Å²) < 4.78 is 2.54. The molecule has 0 fully saturated rings. The molecule has 95 heavy (non-hydrogen) atoms. The molecule has 0 bridgehead atoms. The smallest absolute Gasteiger partial charge is 0.252 e. The van der Waals surface area contributed by atoms with E-state index >= 15 is 0 Å². The molecule has 3 heterocycles. The van der Waals surface area contributed by atoms with E-state index in [1.165, 1.54) is 130 Å². The molecule has 6 heteroatoms. The van der Waals surface area contributed by atoms with Gasteiger partial charge < -0.3 is 14.4 Å². The molecule has 0 spiro atoms. The van der Waals surface area contributed by atoms with Crippen LogP contribution in [-0.2, 0) is 0 Å². The molecule has 14 aromatic carbocycles. The first kappa shape index (κ1) is 57.8.